The predicted octanol–water partition coefficient (Wildman–Crippen LogP) is 5.41. The number of sulfonamides is 1. The van der Waals surface area contributed by atoms with Crippen LogP contribution in [0.2, 0.25) is 0 Å². The lowest BCUT2D eigenvalue weighted by Gasteiger charge is -2.30. The van der Waals surface area contributed by atoms with Gasteiger partial charge < -0.3 is 5.32 Å². The second-order valence-corrected chi connectivity index (χ2v) is 9.73. The first-order valence-corrected chi connectivity index (χ1v) is 11.7. The van der Waals surface area contributed by atoms with Gasteiger partial charge in [0.15, 0.2) is 0 Å². The first-order chi connectivity index (χ1) is 15.6. The molecule has 1 heterocycles. The molecule has 9 heteroatoms. The number of anilines is 2. The van der Waals surface area contributed by atoms with Gasteiger partial charge >= 0.3 is 6.18 Å². The number of halogens is 3. The summed E-state index contributed by atoms with van der Waals surface area (Å²) in [6, 6.07) is 15.6. The van der Waals surface area contributed by atoms with Crippen molar-refractivity contribution in [1.29, 1.82) is 0 Å². The lowest BCUT2D eigenvalue weighted by Crippen LogP contribution is -2.35. The fourth-order valence-corrected chi connectivity index (χ4v) is 5.31. The monoisotopic (exact) mass is 474 g/mol. The first kappa shape index (κ1) is 22.8. The number of nitrogens with zero attached hydrogens (tertiary/aromatic N) is 1. The van der Waals surface area contributed by atoms with Crippen molar-refractivity contribution in [3.8, 4) is 0 Å². The minimum Gasteiger partial charge on any atom is -0.322 e. The standard InChI is InChI=1S/C24H21F3N2O3S/c1-16-7-10-21(11-8-16)33(31,32)29-13-3-4-17-14-18(9-12-22(17)29)23(30)28-20-6-2-5-19(15-20)24(25,26)27/h2,5-12,14-15H,3-4,13H2,1H3,(H,28,30). The molecule has 172 valence electrons. The van der Waals surface area contributed by atoms with Gasteiger partial charge in [0.25, 0.3) is 15.9 Å². The Morgan fingerprint density at radius 1 is 1.00 bits per heavy atom. The third-order valence-electron chi connectivity index (χ3n) is 5.47. The van der Waals surface area contributed by atoms with Gasteiger partial charge in [-0.3, -0.25) is 9.10 Å². The lowest BCUT2D eigenvalue weighted by atomic mass is 10.0. The zero-order valence-corrected chi connectivity index (χ0v) is 18.5. The summed E-state index contributed by atoms with van der Waals surface area (Å²) in [5.74, 6) is -0.573. The smallest absolute Gasteiger partial charge is 0.322 e. The molecule has 1 amide bonds. The van der Waals surface area contributed by atoms with Crippen LogP contribution in [-0.4, -0.2) is 20.9 Å². The second-order valence-electron chi connectivity index (χ2n) is 7.87. The van der Waals surface area contributed by atoms with Crippen LogP contribution >= 0.6 is 0 Å². The maximum absolute atomic E-state index is 13.2. The number of alkyl halides is 3. The van der Waals surface area contributed by atoms with E-state index < -0.39 is 27.7 Å². The van der Waals surface area contributed by atoms with E-state index in [-0.39, 0.29) is 16.1 Å². The van der Waals surface area contributed by atoms with E-state index >= 15 is 0 Å². The van der Waals surface area contributed by atoms with Crippen LogP contribution in [-0.2, 0) is 22.6 Å². The van der Waals surface area contributed by atoms with Crippen molar-refractivity contribution in [3.63, 3.8) is 0 Å². The summed E-state index contributed by atoms with van der Waals surface area (Å²) in [6.07, 6.45) is -3.35. The maximum atomic E-state index is 13.2. The number of carbonyl (C=O) groups is 1. The van der Waals surface area contributed by atoms with Crippen molar-refractivity contribution < 1.29 is 26.4 Å². The van der Waals surface area contributed by atoms with Crippen LogP contribution in [0.3, 0.4) is 0 Å². The fourth-order valence-electron chi connectivity index (χ4n) is 3.77. The van der Waals surface area contributed by atoms with Crippen LogP contribution in [0.1, 0.15) is 33.5 Å². The number of hydrogen-bond acceptors (Lipinski definition) is 3. The summed E-state index contributed by atoms with van der Waals surface area (Å²) in [5.41, 5.74) is 1.54. The zero-order valence-electron chi connectivity index (χ0n) is 17.7. The number of carbonyl (C=O) groups excluding carboxylic acids is 1. The molecule has 0 radical (unpaired) electrons. The molecule has 0 spiro atoms. The summed E-state index contributed by atoms with van der Waals surface area (Å²) >= 11 is 0. The molecule has 3 aromatic rings. The Morgan fingerprint density at radius 2 is 1.73 bits per heavy atom. The summed E-state index contributed by atoms with van der Waals surface area (Å²) in [5, 5.41) is 2.48. The van der Waals surface area contributed by atoms with Crippen LogP contribution < -0.4 is 9.62 Å². The highest BCUT2D eigenvalue weighted by Gasteiger charge is 2.31. The van der Waals surface area contributed by atoms with Crippen molar-refractivity contribution >= 4 is 27.3 Å². The van der Waals surface area contributed by atoms with E-state index in [9.17, 15) is 26.4 Å². The summed E-state index contributed by atoms with van der Waals surface area (Å²) in [6.45, 7) is 2.19. The van der Waals surface area contributed by atoms with Gasteiger partial charge in [0.2, 0.25) is 0 Å². The van der Waals surface area contributed by atoms with E-state index in [1.54, 1.807) is 36.4 Å². The Labute approximate surface area is 189 Å². The van der Waals surface area contributed by atoms with E-state index in [0.29, 0.717) is 30.6 Å². The topological polar surface area (TPSA) is 66.5 Å². The van der Waals surface area contributed by atoms with Gasteiger partial charge in [0, 0.05) is 17.8 Å². The van der Waals surface area contributed by atoms with Crippen molar-refractivity contribution in [2.24, 2.45) is 0 Å². The number of benzene rings is 3. The lowest BCUT2D eigenvalue weighted by molar-refractivity contribution is -0.137. The van der Waals surface area contributed by atoms with Gasteiger partial charge in [-0.15, -0.1) is 0 Å². The average Bonchev–Trinajstić information content (AvgIpc) is 2.78. The van der Waals surface area contributed by atoms with E-state index in [0.717, 1.165) is 17.7 Å². The van der Waals surface area contributed by atoms with Crippen LogP contribution in [0.4, 0.5) is 24.5 Å². The van der Waals surface area contributed by atoms with E-state index in [1.807, 2.05) is 6.92 Å². The molecular formula is C24H21F3N2O3S. The van der Waals surface area contributed by atoms with E-state index in [4.69, 9.17) is 0 Å². The van der Waals surface area contributed by atoms with Gasteiger partial charge in [0.1, 0.15) is 0 Å². The Kier molecular flexibility index (Phi) is 5.92. The minimum absolute atomic E-state index is 0.0242. The molecule has 0 fully saturated rings. The quantitative estimate of drug-likeness (QED) is 0.550. The Morgan fingerprint density at radius 3 is 2.42 bits per heavy atom. The second kappa shape index (κ2) is 8.55. The molecule has 0 aliphatic carbocycles. The first-order valence-electron chi connectivity index (χ1n) is 10.3. The van der Waals surface area contributed by atoms with Gasteiger partial charge in [-0.05, 0) is 73.9 Å². The van der Waals surface area contributed by atoms with Crippen molar-refractivity contribution in [2.75, 3.05) is 16.2 Å². The van der Waals surface area contributed by atoms with Gasteiger partial charge in [-0.2, -0.15) is 13.2 Å². The van der Waals surface area contributed by atoms with Gasteiger partial charge in [0.05, 0.1) is 16.1 Å². The SMILES string of the molecule is Cc1ccc(S(=O)(=O)N2CCCc3cc(C(=O)Nc4cccc(C(F)(F)F)c4)ccc32)cc1. The highest BCUT2D eigenvalue weighted by Crippen LogP contribution is 2.34. The summed E-state index contributed by atoms with van der Waals surface area (Å²) in [4.78, 5) is 12.9. The largest absolute Gasteiger partial charge is 0.416 e. The highest BCUT2D eigenvalue weighted by atomic mass is 32.2. The Balaban J connectivity index is 1.60. The fraction of sp³-hybridized carbons (Fsp3) is 0.208. The summed E-state index contributed by atoms with van der Waals surface area (Å²) < 4.78 is 66.5. The molecule has 0 bridgehead atoms. The molecule has 1 N–H and O–H groups in total. The highest BCUT2D eigenvalue weighted by molar-refractivity contribution is 7.92. The molecule has 0 saturated heterocycles. The van der Waals surface area contributed by atoms with Crippen LogP contribution in [0.25, 0.3) is 0 Å². The number of aryl methyl sites for hydroxylation is 2. The molecule has 4 rings (SSSR count). The van der Waals surface area contributed by atoms with Crippen LogP contribution in [0, 0.1) is 6.92 Å². The van der Waals surface area contributed by atoms with E-state index in [1.165, 1.54) is 22.5 Å². The molecule has 1 aliphatic rings. The molecule has 0 unspecified atom stereocenters. The number of nitrogens with one attached hydrogen (secondary N) is 1. The average molecular weight is 475 g/mol. The van der Waals surface area contributed by atoms with Crippen molar-refractivity contribution in [1.82, 2.24) is 0 Å². The summed E-state index contributed by atoms with van der Waals surface area (Å²) in [7, 11) is -3.77. The molecule has 1 aliphatic heterocycles. The Hall–Kier alpha value is -3.33. The molecule has 0 atom stereocenters. The van der Waals surface area contributed by atoms with E-state index in [2.05, 4.69) is 5.32 Å². The molecule has 33 heavy (non-hydrogen) atoms. The minimum atomic E-state index is -4.51. The van der Waals surface area contributed by atoms with Gasteiger partial charge in [-0.25, -0.2) is 8.42 Å². The number of fused-ring (bicyclic) bond motifs is 1. The normalized spacial score (nSPS) is 14.0. The maximum Gasteiger partial charge on any atom is 0.416 e. The molecule has 0 saturated carbocycles. The van der Waals surface area contributed by atoms with Crippen LogP contribution in [0.5, 0.6) is 0 Å². The Bertz CT molecular complexity index is 1300. The number of rotatable bonds is 4. The molecule has 0 aromatic heterocycles. The predicted molar refractivity (Wildman–Crippen MR) is 120 cm³/mol. The van der Waals surface area contributed by atoms with Crippen molar-refractivity contribution in [3.05, 3.63) is 89.0 Å². The molecule has 5 nitrogen and oxygen atoms in total. The third kappa shape index (κ3) is 4.73. The van der Waals surface area contributed by atoms with Crippen LogP contribution in [0.15, 0.2) is 71.6 Å². The molecule has 3 aromatic carbocycles. The number of amides is 1. The molecular weight excluding hydrogens is 453 g/mol. The number of hydrogen-bond donors (Lipinski definition) is 1. The van der Waals surface area contributed by atoms with Gasteiger partial charge in [-0.1, -0.05) is 23.8 Å². The van der Waals surface area contributed by atoms with Crippen molar-refractivity contribution in [2.45, 2.75) is 30.8 Å². The zero-order chi connectivity index (χ0) is 23.8. The third-order valence-corrected chi connectivity index (χ3v) is 7.30.